The second-order valence-corrected chi connectivity index (χ2v) is 5.80. The zero-order valence-corrected chi connectivity index (χ0v) is 14.0. The van der Waals surface area contributed by atoms with Gasteiger partial charge in [0.15, 0.2) is 0 Å². The molecule has 126 valence electrons. The van der Waals surface area contributed by atoms with Crippen LogP contribution in [0.25, 0.3) is 0 Å². The van der Waals surface area contributed by atoms with Crippen molar-refractivity contribution in [3.8, 4) is 5.88 Å². The number of hydrogen-bond donors (Lipinski definition) is 1. The molecule has 3 rings (SSSR count). The summed E-state index contributed by atoms with van der Waals surface area (Å²) < 4.78 is 5.11. The second-order valence-electron chi connectivity index (χ2n) is 5.80. The van der Waals surface area contributed by atoms with Gasteiger partial charge in [-0.25, -0.2) is 9.78 Å². The van der Waals surface area contributed by atoms with E-state index in [0.29, 0.717) is 25.5 Å². The minimum absolute atomic E-state index is 0.0790. The summed E-state index contributed by atoms with van der Waals surface area (Å²) in [5, 5.41) is 2.94. The van der Waals surface area contributed by atoms with Gasteiger partial charge in [-0.1, -0.05) is 24.3 Å². The fourth-order valence-corrected chi connectivity index (χ4v) is 2.81. The molecule has 6 nitrogen and oxygen atoms in total. The van der Waals surface area contributed by atoms with Gasteiger partial charge in [-0.2, -0.15) is 0 Å². The normalized spacial score (nSPS) is 13.9. The van der Waals surface area contributed by atoms with E-state index in [4.69, 9.17) is 4.74 Å². The van der Waals surface area contributed by atoms with Crippen LogP contribution in [0.2, 0.25) is 0 Å². The third-order valence-corrected chi connectivity index (χ3v) is 4.17. The maximum absolute atomic E-state index is 12.5. The Morgan fingerprint density at radius 2 is 2.04 bits per heavy atom. The van der Waals surface area contributed by atoms with Gasteiger partial charge < -0.3 is 19.9 Å². The van der Waals surface area contributed by atoms with E-state index >= 15 is 0 Å². The third-order valence-electron chi connectivity index (χ3n) is 4.17. The highest BCUT2D eigenvalue weighted by atomic mass is 16.5. The van der Waals surface area contributed by atoms with Gasteiger partial charge in [0, 0.05) is 38.4 Å². The van der Waals surface area contributed by atoms with Crippen LogP contribution in [-0.4, -0.2) is 43.2 Å². The predicted molar refractivity (Wildman–Crippen MR) is 93.1 cm³/mol. The first-order valence-electron chi connectivity index (χ1n) is 7.99. The number of hydrogen-bond acceptors (Lipinski definition) is 4. The van der Waals surface area contributed by atoms with Gasteiger partial charge in [0.25, 0.3) is 0 Å². The number of methoxy groups -OCH3 is 1. The predicted octanol–water partition coefficient (Wildman–Crippen LogP) is 2.25. The molecule has 1 aliphatic heterocycles. The maximum atomic E-state index is 12.5. The summed E-state index contributed by atoms with van der Waals surface area (Å²) in [6.45, 7) is 2.48. The largest absolute Gasteiger partial charge is 0.481 e. The number of nitrogens with zero attached hydrogens (tertiary/aromatic N) is 3. The number of para-hydroxylation sites is 1. The number of carbonyl (C=O) groups is 1. The zero-order chi connectivity index (χ0) is 16.9. The molecule has 2 heterocycles. The molecule has 0 fully saturated rings. The van der Waals surface area contributed by atoms with E-state index in [2.05, 4.69) is 34.4 Å². The van der Waals surface area contributed by atoms with Gasteiger partial charge in [0.05, 0.1) is 19.3 Å². The van der Waals surface area contributed by atoms with Crippen molar-refractivity contribution in [3.05, 3.63) is 53.7 Å². The molecular weight excluding hydrogens is 304 g/mol. The summed E-state index contributed by atoms with van der Waals surface area (Å²) >= 11 is 0. The molecule has 0 radical (unpaired) electrons. The summed E-state index contributed by atoms with van der Waals surface area (Å²) in [5.41, 5.74) is 3.12. The number of pyridine rings is 1. The Labute approximate surface area is 142 Å². The fourth-order valence-electron chi connectivity index (χ4n) is 2.81. The van der Waals surface area contributed by atoms with E-state index in [1.54, 1.807) is 13.2 Å². The van der Waals surface area contributed by atoms with Crippen molar-refractivity contribution in [1.82, 2.24) is 15.2 Å². The molecule has 1 aromatic carbocycles. The summed E-state index contributed by atoms with van der Waals surface area (Å²) in [6, 6.07) is 13.6. The topological polar surface area (TPSA) is 57.7 Å². The molecule has 2 amide bonds. The van der Waals surface area contributed by atoms with Crippen molar-refractivity contribution < 1.29 is 9.53 Å². The summed E-state index contributed by atoms with van der Waals surface area (Å²) in [7, 11) is 3.64. The number of rotatable bonds is 3. The maximum Gasteiger partial charge on any atom is 0.318 e. The standard InChI is InChI=1S/C18H22N4O2/c1-21-10-11-22(13-14-6-3-4-8-16(14)21)18(23)19-12-15-7-5-9-17(20-15)24-2/h3-9H,10-13H2,1-2H3,(H,19,23). The number of urea groups is 1. The molecule has 1 aliphatic rings. The number of likely N-dealkylation sites (N-methyl/N-ethyl adjacent to an activating group) is 1. The number of benzene rings is 1. The average Bonchev–Trinajstić information content (AvgIpc) is 2.79. The van der Waals surface area contributed by atoms with Crippen molar-refractivity contribution in [2.75, 3.05) is 32.1 Å². The van der Waals surface area contributed by atoms with E-state index in [1.165, 1.54) is 5.69 Å². The lowest BCUT2D eigenvalue weighted by molar-refractivity contribution is 0.197. The first-order valence-corrected chi connectivity index (χ1v) is 7.99. The van der Waals surface area contributed by atoms with Gasteiger partial charge >= 0.3 is 6.03 Å². The van der Waals surface area contributed by atoms with Crippen LogP contribution >= 0.6 is 0 Å². The van der Waals surface area contributed by atoms with Gasteiger partial charge in [-0.05, 0) is 17.7 Å². The highest BCUT2D eigenvalue weighted by Gasteiger charge is 2.20. The average molecular weight is 326 g/mol. The Bertz CT molecular complexity index is 720. The van der Waals surface area contributed by atoms with E-state index in [9.17, 15) is 4.79 Å². The van der Waals surface area contributed by atoms with Crippen molar-refractivity contribution in [2.45, 2.75) is 13.1 Å². The second kappa shape index (κ2) is 7.21. The highest BCUT2D eigenvalue weighted by molar-refractivity contribution is 5.75. The monoisotopic (exact) mass is 326 g/mol. The summed E-state index contributed by atoms with van der Waals surface area (Å²) in [5.74, 6) is 0.548. The Hall–Kier alpha value is -2.76. The Balaban J connectivity index is 1.65. The summed E-state index contributed by atoms with van der Waals surface area (Å²) in [4.78, 5) is 20.9. The molecule has 24 heavy (non-hydrogen) atoms. The van der Waals surface area contributed by atoms with Crippen LogP contribution < -0.4 is 15.0 Å². The minimum Gasteiger partial charge on any atom is -0.481 e. The Morgan fingerprint density at radius 3 is 2.88 bits per heavy atom. The number of anilines is 1. The van der Waals surface area contributed by atoms with Crippen molar-refractivity contribution >= 4 is 11.7 Å². The molecule has 0 atom stereocenters. The lowest BCUT2D eigenvalue weighted by atomic mass is 10.1. The van der Waals surface area contributed by atoms with Gasteiger partial charge in [-0.15, -0.1) is 0 Å². The highest BCUT2D eigenvalue weighted by Crippen LogP contribution is 2.23. The Kier molecular flexibility index (Phi) is 4.84. The van der Waals surface area contributed by atoms with E-state index in [-0.39, 0.29) is 6.03 Å². The van der Waals surface area contributed by atoms with E-state index in [1.807, 2.05) is 29.2 Å². The molecular formula is C18H22N4O2. The molecule has 0 unspecified atom stereocenters. The van der Waals surface area contributed by atoms with Crippen LogP contribution in [0.5, 0.6) is 5.88 Å². The molecule has 0 aliphatic carbocycles. The van der Waals surface area contributed by atoms with Gasteiger partial charge in [0.1, 0.15) is 0 Å². The molecule has 6 heteroatoms. The number of aromatic nitrogens is 1. The molecule has 0 bridgehead atoms. The van der Waals surface area contributed by atoms with Gasteiger partial charge in [-0.3, -0.25) is 0 Å². The minimum atomic E-state index is -0.0790. The number of ether oxygens (including phenoxy) is 1. The number of nitrogens with one attached hydrogen (secondary N) is 1. The van der Waals surface area contributed by atoms with Crippen molar-refractivity contribution in [2.24, 2.45) is 0 Å². The number of amides is 2. The van der Waals surface area contributed by atoms with Crippen LogP contribution in [0.15, 0.2) is 42.5 Å². The van der Waals surface area contributed by atoms with Crippen LogP contribution in [0.1, 0.15) is 11.3 Å². The van der Waals surface area contributed by atoms with Crippen molar-refractivity contribution in [3.63, 3.8) is 0 Å². The molecule has 2 aromatic rings. The van der Waals surface area contributed by atoms with E-state index < -0.39 is 0 Å². The third kappa shape index (κ3) is 3.59. The van der Waals surface area contributed by atoms with E-state index in [0.717, 1.165) is 17.8 Å². The number of fused-ring (bicyclic) bond motifs is 1. The van der Waals surface area contributed by atoms with Crippen LogP contribution in [0.3, 0.4) is 0 Å². The molecule has 1 N–H and O–H groups in total. The van der Waals surface area contributed by atoms with Crippen LogP contribution in [-0.2, 0) is 13.1 Å². The molecule has 0 saturated carbocycles. The first-order chi connectivity index (χ1) is 11.7. The van der Waals surface area contributed by atoms with Crippen molar-refractivity contribution in [1.29, 1.82) is 0 Å². The quantitative estimate of drug-likeness (QED) is 0.940. The fraction of sp³-hybridized carbons (Fsp3) is 0.333. The van der Waals surface area contributed by atoms with Gasteiger partial charge in [0.2, 0.25) is 5.88 Å². The van der Waals surface area contributed by atoms with Crippen LogP contribution in [0.4, 0.5) is 10.5 Å². The Morgan fingerprint density at radius 1 is 1.21 bits per heavy atom. The number of carbonyl (C=O) groups excluding carboxylic acids is 1. The van der Waals surface area contributed by atoms with Crippen LogP contribution in [0, 0.1) is 0 Å². The smallest absolute Gasteiger partial charge is 0.318 e. The zero-order valence-electron chi connectivity index (χ0n) is 14.0. The lowest BCUT2D eigenvalue weighted by Gasteiger charge is -2.21. The lowest BCUT2D eigenvalue weighted by Crippen LogP contribution is -2.41. The molecule has 1 aromatic heterocycles. The first kappa shape index (κ1) is 16.1. The molecule has 0 saturated heterocycles. The molecule has 0 spiro atoms. The summed E-state index contributed by atoms with van der Waals surface area (Å²) in [6.07, 6.45) is 0. The SMILES string of the molecule is COc1cccc(CNC(=O)N2CCN(C)c3ccccc3C2)n1.